The van der Waals surface area contributed by atoms with Crippen molar-refractivity contribution in [1.82, 2.24) is 10.2 Å². The van der Waals surface area contributed by atoms with Crippen molar-refractivity contribution >= 4 is 5.69 Å². The molecule has 2 rings (SSSR count). The average Bonchev–Trinajstić information content (AvgIpc) is 2.37. The highest BCUT2D eigenvalue weighted by atomic mass is 16.1. The van der Waals surface area contributed by atoms with Gasteiger partial charge < -0.3 is 5.32 Å². The van der Waals surface area contributed by atoms with Gasteiger partial charge in [0.1, 0.15) is 0 Å². The molecule has 0 fully saturated rings. The first-order chi connectivity index (χ1) is 9.05. The zero-order chi connectivity index (χ0) is 13.7. The molecule has 0 spiro atoms. The van der Waals surface area contributed by atoms with Crippen molar-refractivity contribution in [3.63, 3.8) is 0 Å². The van der Waals surface area contributed by atoms with Crippen LogP contribution >= 0.6 is 0 Å². The van der Waals surface area contributed by atoms with Gasteiger partial charge in [-0.05, 0) is 32.3 Å². The molecule has 0 unspecified atom stereocenters. The number of H-pyrrole nitrogens is 1. The molecule has 0 saturated carbocycles. The smallest absolute Gasteiger partial charge is 0.266 e. The molecule has 0 aliphatic rings. The third-order valence-electron chi connectivity index (χ3n) is 3.03. The molecule has 2 N–H and O–H groups in total. The van der Waals surface area contributed by atoms with E-state index in [1.165, 1.54) is 11.6 Å². The van der Waals surface area contributed by atoms with Crippen LogP contribution in [0.2, 0.25) is 0 Å². The van der Waals surface area contributed by atoms with Gasteiger partial charge in [-0.2, -0.15) is 5.10 Å². The Morgan fingerprint density at radius 1 is 1.26 bits per heavy atom. The molecule has 2 aromatic rings. The molecular formula is C15H19N3O. The van der Waals surface area contributed by atoms with Gasteiger partial charge in [-0.25, -0.2) is 5.10 Å². The van der Waals surface area contributed by atoms with Crippen LogP contribution in [0.3, 0.4) is 0 Å². The van der Waals surface area contributed by atoms with E-state index in [4.69, 9.17) is 0 Å². The standard InChI is InChI=1S/C15H19N3O/c1-15(2,9-8-12-6-4-3-5-7-12)17-13-10-14(19)18-16-11-13/h3-7,10-11H,8-9H2,1-2H3,(H2,17,18,19). The fraction of sp³-hybridized carbons (Fsp3) is 0.333. The second-order valence-corrected chi connectivity index (χ2v) is 5.33. The van der Waals surface area contributed by atoms with E-state index in [0.717, 1.165) is 18.5 Å². The molecule has 0 aliphatic heterocycles. The predicted octanol–water partition coefficient (Wildman–Crippen LogP) is 2.59. The third-order valence-corrected chi connectivity index (χ3v) is 3.03. The number of anilines is 1. The fourth-order valence-corrected chi connectivity index (χ4v) is 2.00. The lowest BCUT2D eigenvalue weighted by atomic mass is 9.95. The molecule has 1 heterocycles. The molecule has 0 amide bonds. The highest BCUT2D eigenvalue weighted by Crippen LogP contribution is 2.18. The van der Waals surface area contributed by atoms with Crippen molar-refractivity contribution in [2.75, 3.05) is 5.32 Å². The minimum absolute atomic E-state index is 0.0919. The van der Waals surface area contributed by atoms with Crippen molar-refractivity contribution in [3.05, 3.63) is 58.5 Å². The summed E-state index contributed by atoms with van der Waals surface area (Å²) in [5.74, 6) is 0. The van der Waals surface area contributed by atoms with Crippen LogP contribution in [0.25, 0.3) is 0 Å². The Hall–Kier alpha value is -2.10. The first-order valence-electron chi connectivity index (χ1n) is 6.42. The summed E-state index contributed by atoms with van der Waals surface area (Å²) >= 11 is 0. The summed E-state index contributed by atoms with van der Waals surface area (Å²) in [5, 5.41) is 9.50. The molecule has 0 radical (unpaired) electrons. The van der Waals surface area contributed by atoms with Gasteiger partial charge in [0.25, 0.3) is 5.56 Å². The summed E-state index contributed by atoms with van der Waals surface area (Å²) in [7, 11) is 0. The summed E-state index contributed by atoms with van der Waals surface area (Å²) in [6.45, 7) is 4.24. The minimum atomic E-state index is -0.191. The van der Waals surface area contributed by atoms with E-state index in [2.05, 4.69) is 53.6 Å². The lowest BCUT2D eigenvalue weighted by molar-refractivity contribution is 0.518. The second kappa shape index (κ2) is 5.69. The Labute approximate surface area is 112 Å². The molecule has 1 aromatic carbocycles. The summed E-state index contributed by atoms with van der Waals surface area (Å²) in [6, 6.07) is 11.9. The number of hydrogen-bond donors (Lipinski definition) is 2. The third kappa shape index (κ3) is 4.25. The van der Waals surface area contributed by atoms with E-state index in [-0.39, 0.29) is 11.1 Å². The number of hydrogen-bond acceptors (Lipinski definition) is 3. The van der Waals surface area contributed by atoms with Crippen molar-refractivity contribution in [2.45, 2.75) is 32.2 Å². The van der Waals surface area contributed by atoms with Gasteiger partial charge in [-0.3, -0.25) is 4.79 Å². The monoisotopic (exact) mass is 257 g/mol. The van der Waals surface area contributed by atoms with Crippen LogP contribution in [-0.2, 0) is 6.42 Å². The van der Waals surface area contributed by atoms with Crippen LogP contribution in [0.1, 0.15) is 25.8 Å². The summed E-state index contributed by atoms with van der Waals surface area (Å²) < 4.78 is 0. The van der Waals surface area contributed by atoms with Gasteiger partial charge in [0, 0.05) is 11.6 Å². The first-order valence-corrected chi connectivity index (χ1v) is 6.42. The van der Waals surface area contributed by atoms with Crippen LogP contribution in [-0.4, -0.2) is 15.7 Å². The zero-order valence-electron chi connectivity index (χ0n) is 11.3. The highest BCUT2D eigenvalue weighted by molar-refractivity contribution is 5.41. The Balaban J connectivity index is 1.97. The topological polar surface area (TPSA) is 57.8 Å². The SMILES string of the molecule is CC(C)(CCc1ccccc1)Nc1cn[nH]c(=O)c1. The maximum Gasteiger partial charge on any atom is 0.266 e. The van der Waals surface area contributed by atoms with Gasteiger partial charge >= 0.3 is 0 Å². The second-order valence-electron chi connectivity index (χ2n) is 5.33. The van der Waals surface area contributed by atoms with Crippen molar-refractivity contribution in [1.29, 1.82) is 0 Å². The zero-order valence-corrected chi connectivity index (χ0v) is 11.3. The Kier molecular flexibility index (Phi) is 4.00. The summed E-state index contributed by atoms with van der Waals surface area (Å²) in [6.07, 6.45) is 3.60. The number of nitrogens with one attached hydrogen (secondary N) is 2. The van der Waals surface area contributed by atoms with Gasteiger partial charge in [0.05, 0.1) is 11.9 Å². The summed E-state index contributed by atoms with van der Waals surface area (Å²) in [4.78, 5) is 11.2. The quantitative estimate of drug-likeness (QED) is 0.865. The van der Waals surface area contributed by atoms with E-state index in [1.54, 1.807) is 6.20 Å². The van der Waals surface area contributed by atoms with Crippen LogP contribution in [0, 0.1) is 0 Å². The number of aromatic nitrogens is 2. The maximum absolute atomic E-state index is 11.2. The summed E-state index contributed by atoms with van der Waals surface area (Å²) in [5.41, 5.74) is 1.79. The Bertz CT molecular complexity index is 575. The number of benzene rings is 1. The largest absolute Gasteiger partial charge is 0.379 e. The molecule has 100 valence electrons. The average molecular weight is 257 g/mol. The molecule has 0 atom stereocenters. The lowest BCUT2D eigenvalue weighted by Gasteiger charge is -2.27. The lowest BCUT2D eigenvalue weighted by Crippen LogP contribution is -2.32. The molecule has 0 saturated heterocycles. The fourth-order valence-electron chi connectivity index (χ4n) is 2.00. The number of aromatic amines is 1. The van der Waals surface area contributed by atoms with E-state index in [9.17, 15) is 4.79 Å². The van der Waals surface area contributed by atoms with Gasteiger partial charge in [0.2, 0.25) is 0 Å². The molecule has 4 heteroatoms. The Morgan fingerprint density at radius 2 is 2.00 bits per heavy atom. The van der Waals surface area contributed by atoms with Crippen LogP contribution < -0.4 is 10.9 Å². The van der Waals surface area contributed by atoms with E-state index >= 15 is 0 Å². The molecule has 4 nitrogen and oxygen atoms in total. The van der Waals surface area contributed by atoms with E-state index in [0.29, 0.717) is 0 Å². The van der Waals surface area contributed by atoms with Gasteiger partial charge in [0.15, 0.2) is 0 Å². The number of aryl methyl sites for hydroxylation is 1. The predicted molar refractivity (Wildman–Crippen MR) is 77.3 cm³/mol. The molecular weight excluding hydrogens is 238 g/mol. The molecule has 19 heavy (non-hydrogen) atoms. The van der Waals surface area contributed by atoms with Crippen molar-refractivity contribution in [3.8, 4) is 0 Å². The molecule has 0 bridgehead atoms. The number of rotatable bonds is 5. The maximum atomic E-state index is 11.2. The van der Waals surface area contributed by atoms with E-state index in [1.807, 2.05) is 6.07 Å². The normalized spacial score (nSPS) is 11.3. The van der Waals surface area contributed by atoms with E-state index < -0.39 is 0 Å². The first kappa shape index (κ1) is 13.3. The molecule has 0 aliphatic carbocycles. The highest BCUT2D eigenvalue weighted by Gasteiger charge is 2.17. The van der Waals surface area contributed by atoms with Gasteiger partial charge in [-0.1, -0.05) is 30.3 Å². The van der Waals surface area contributed by atoms with Crippen molar-refractivity contribution < 1.29 is 0 Å². The van der Waals surface area contributed by atoms with Crippen LogP contribution in [0.15, 0.2) is 47.4 Å². The van der Waals surface area contributed by atoms with Gasteiger partial charge in [-0.15, -0.1) is 0 Å². The van der Waals surface area contributed by atoms with Crippen molar-refractivity contribution in [2.24, 2.45) is 0 Å². The van der Waals surface area contributed by atoms with Crippen LogP contribution in [0.5, 0.6) is 0 Å². The Morgan fingerprint density at radius 3 is 2.68 bits per heavy atom. The van der Waals surface area contributed by atoms with Crippen LogP contribution in [0.4, 0.5) is 5.69 Å². The molecule has 1 aromatic heterocycles. The minimum Gasteiger partial charge on any atom is -0.379 e. The number of nitrogens with zero attached hydrogens (tertiary/aromatic N) is 1.